The third kappa shape index (κ3) is 3.82. The van der Waals surface area contributed by atoms with Gasteiger partial charge >= 0.3 is 0 Å². The molecule has 1 fully saturated rings. The van der Waals surface area contributed by atoms with E-state index in [1.54, 1.807) is 0 Å². The lowest BCUT2D eigenvalue weighted by molar-refractivity contribution is -0.123. The molecule has 1 aromatic carbocycles. The molecule has 4 nitrogen and oxygen atoms in total. The SMILES string of the molecule is CN(CC(=O)NC(C)(C#N)C1CC1)Cc1ccccc1. The standard InChI is InChI=1S/C16H21N3O/c1-16(12-17,14-8-9-14)18-15(20)11-19(2)10-13-6-4-3-5-7-13/h3-7,14H,8-11H2,1-2H3,(H,18,20). The van der Waals surface area contributed by atoms with E-state index in [0.29, 0.717) is 12.5 Å². The van der Waals surface area contributed by atoms with Gasteiger partial charge in [0.15, 0.2) is 0 Å². The van der Waals surface area contributed by atoms with Gasteiger partial charge in [-0.25, -0.2) is 0 Å². The molecule has 20 heavy (non-hydrogen) atoms. The van der Waals surface area contributed by atoms with Crippen molar-refractivity contribution in [2.24, 2.45) is 5.92 Å². The van der Waals surface area contributed by atoms with E-state index >= 15 is 0 Å². The van der Waals surface area contributed by atoms with Crippen molar-refractivity contribution < 1.29 is 4.79 Å². The summed E-state index contributed by atoms with van der Waals surface area (Å²) < 4.78 is 0. The molecule has 1 N–H and O–H groups in total. The molecular weight excluding hydrogens is 250 g/mol. The number of amides is 1. The van der Waals surface area contributed by atoms with Crippen molar-refractivity contribution >= 4 is 5.91 Å². The lowest BCUT2D eigenvalue weighted by Crippen LogP contribution is -2.49. The summed E-state index contributed by atoms with van der Waals surface area (Å²) in [5.41, 5.74) is 0.470. The fourth-order valence-corrected chi connectivity index (χ4v) is 2.41. The molecule has 0 aliphatic heterocycles. The molecule has 0 aromatic heterocycles. The quantitative estimate of drug-likeness (QED) is 0.860. The smallest absolute Gasteiger partial charge is 0.235 e. The zero-order valence-corrected chi connectivity index (χ0v) is 12.1. The summed E-state index contributed by atoms with van der Waals surface area (Å²) in [5.74, 6) is 0.232. The summed E-state index contributed by atoms with van der Waals surface area (Å²) in [6.45, 7) is 2.85. The largest absolute Gasteiger partial charge is 0.337 e. The second kappa shape index (κ2) is 6.06. The van der Waals surface area contributed by atoms with Gasteiger partial charge in [0.05, 0.1) is 12.6 Å². The third-order valence-electron chi connectivity index (χ3n) is 3.73. The number of benzene rings is 1. The number of likely N-dealkylation sites (N-methyl/N-ethyl adjacent to an activating group) is 1. The van der Waals surface area contributed by atoms with E-state index in [0.717, 1.165) is 19.4 Å². The van der Waals surface area contributed by atoms with Crippen LogP contribution in [0.15, 0.2) is 30.3 Å². The summed E-state index contributed by atoms with van der Waals surface area (Å²) in [6.07, 6.45) is 2.06. The van der Waals surface area contributed by atoms with Crippen molar-refractivity contribution in [2.45, 2.75) is 31.8 Å². The molecule has 1 aromatic rings. The first-order valence-electron chi connectivity index (χ1n) is 6.98. The molecule has 0 saturated heterocycles. The van der Waals surface area contributed by atoms with E-state index in [-0.39, 0.29) is 5.91 Å². The second-order valence-corrected chi connectivity index (χ2v) is 5.79. The van der Waals surface area contributed by atoms with Gasteiger partial charge in [0, 0.05) is 6.54 Å². The average Bonchev–Trinajstić information content (AvgIpc) is 3.24. The van der Waals surface area contributed by atoms with E-state index in [1.165, 1.54) is 5.56 Å². The molecule has 0 bridgehead atoms. The minimum absolute atomic E-state index is 0.0839. The normalized spacial score (nSPS) is 17.3. The molecule has 1 aliphatic rings. The number of hydrogen-bond acceptors (Lipinski definition) is 3. The van der Waals surface area contributed by atoms with Gasteiger partial charge in [0.25, 0.3) is 0 Å². The molecule has 0 radical (unpaired) electrons. The molecule has 1 unspecified atom stereocenters. The Kier molecular flexibility index (Phi) is 4.41. The number of hydrogen-bond donors (Lipinski definition) is 1. The van der Waals surface area contributed by atoms with E-state index < -0.39 is 5.54 Å². The van der Waals surface area contributed by atoms with Crippen molar-refractivity contribution in [3.8, 4) is 6.07 Å². The molecular formula is C16H21N3O. The van der Waals surface area contributed by atoms with Gasteiger partial charge in [-0.15, -0.1) is 0 Å². The molecule has 1 atom stereocenters. The van der Waals surface area contributed by atoms with Crippen LogP contribution in [0.25, 0.3) is 0 Å². The van der Waals surface area contributed by atoms with Gasteiger partial charge in [-0.2, -0.15) is 5.26 Å². The Hall–Kier alpha value is -1.86. The van der Waals surface area contributed by atoms with Crippen LogP contribution >= 0.6 is 0 Å². The van der Waals surface area contributed by atoms with Crippen LogP contribution < -0.4 is 5.32 Å². The fraction of sp³-hybridized carbons (Fsp3) is 0.500. The van der Waals surface area contributed by atoms with E-state index in [9.17, 15) is 10.1 Å². The van der Waals surface area contributed by atoms with Crippen molar-refractivity contribution in [3.63, 3.8) is 0 Å². The van der Waals surface area contributed by atoms with E-state index in [4.69, 9.17) is 0 Å². The van der Waals surface area contributed by atoms with Crippen molar-refractivity contribution in [3.05, 3.63) is 35.9 Å². The van der Waals surface area contributed by atoms with Crippen molar-refractivity contribution in [1.29, 1.82) is 5.26 Å². The Bertz CT molecular complexity index is 504. The highest BCUT2D eigenvalue weighted by molar-refractivity contribution is 5.79. The summed E-state index contributed by atoms with van der Waals surface area (Å²) in [4.78, 5) is 14.0. The Morgan fingerprint density at radius 3 is 2.65 bits per heavy atom. The fourth-order valence-electron chi connectivity index (χ4n) is 2.41. The van der Waals surface area contributed by atoms with Gasteiger partial charge in [-0.1, -0.05) is 30.3 Å². The second-order valence-electron chi connectivity index (χ2n) is 5.79. The van der Waals surface area contributed by atoms with Gasteiger partial charge in [-0.05, 0) is 38.3 Å². The maximum absolute atomic E-state index is 12.0. The number of carbonyl (C=O) groups is 1. The number of nitrogens with one attached hydrogen (secondary N) is 1. The van der Waals surface area contributed by atoms with Crippen LogP contribution in [-0.2, 0) is 11.3 Å². The zero-order valence-electron chi connectivity index (χ0n) is 12.1. The topological polar surface area (TPSA) is 56.1 Å². The molecule has 0 spiro atoms. The van der Waals surface area contributed by atoms with Crippen LogP contribution in [0.5, 0.6) is 0 Å². The minimum atomic E-state index is -0.704. The lowest BCUT2D eigenvalue weighted by atomic mass is 9.98. The Labute approximate surface area is 120 Å². The average molecular weight is 271 g/mol. The van der Waals surface area contributed by atoms with Crippen LogP contribution in [0.1, 0.15) is 25.3 Å². The number of rotatable bonds is 6. The highest BCUT2D eigenvalue weighted by atomic mass is 16.2. The van der Waals surface area contributed by atoms with Crippen LogP contribution in [0.2, 0.25) is 0 Å². The third-order valence-corrected chi connectivity index (χ3v) is 3.73. The highest BCUT2D eigenvalue weighted by Crippen LogP contribution is 2.39. The number of nitriles is 1. The van der Waals surface area contributed by atoms with Gasteiger partial charge in [-0.3, -0.25) is 9.69 Å². The number of nitrogens with zero attached hydrogens (tertiary/aromatic N) is 2. The van der Waals surface area contributed by atoms with Crippen LogP contribution in [0.4, 0.5) is 0 Å². The predicted octanol–water partition coefficient (Wildman–Crippen LogP) is 1.93. The predicted molar refractivity (Wildman–Crippen MR) is 77.7 cm³/mol. The Balaban J connectivity index is 1.83. The van der Waals surface area contributed by atoms with E-state index in [1.807, 2.05) is 49.2 Å². The van der Waals surface area contributed by atoms with Gasteiger partial charge in [0.2, 0.25) is 5.91 Å². The van der Waals surface area contributed by atoms with Crippen molar-refractivity contribution in [1.82, 2.24) is 10.2 Å². The first-order chi connectivity index (χ1) is 9.53. The van der Waals surface area contributed by atoms with Crippen LogP contribution in [0.3, 0.4) is 0 Å². The number of carbonyl (C=O) groups excluding carboxylic acids is 1. The van der Waals surface area contributed by atoms with Gasteiger partial charge < -0.3 is 5.32 Å². The molecule has 1 amide bonds. The lowest BCUT2D eigenvalue weighted by Gasteiger charge is -2.24. The Morgan fingerprint density at radius 1 is 1.45 bits per heavy atom. The monoisotopic (exact) mass is 271 g/mol. The molecule has 0 heterocycles. The minimum Gasteiger partial charge on any atom is -0.337 e. The summed E-state index contributed by atoms with van der Waals surface area (Å²) in [6, 6.07) is 12.3. The van der Waals surface area contributed by atoms with Gasteiger partial charge in [0.1, 0.15) is 5.54 Å². The first kappa shape index (κ1) is 14.5. The Morgan fingerprint density at radius 2 is 2.10 bits per heavy atom. The molecule has 2 rings (SSSR count). The first-order valence-corrected chi connectivity index (χ1v) is 6.98. The van der Waals surface area contributed by atoms with Crippen molar-refractivity contribution in [2.75, 3.05) is 13.6 Å². The summed E-state index contributed by atoms with van der Waals surface area (Å²) >= 11 is 0. The zero-order chi connectivity index (χ0) is 14.6. The van der Waals surface area contributed by atoms with Crippen LogP contribution in [0, 0.1) is 17.2 Å². The molecule has 1 saturated carbocycles. The maximum Gasteiger partial charge on any atom is 0.235 e. The summed E-state index contributed by atoms with van der Waals surface area (Å²) in [5, 5.41) is 12.1. The molecule has 106 valence electrons. The highest BCUT2D eigenvalue weighted by Gasteiger charge is 2.42. The molecule has 1 aliphatic carbocycles. The van der Waals surface area contributed by atoms with Crippen LogP contribution in [-0.4, -0.2) is 29.9 Å². The molecule has 4 heteroatoms. The maximum atomic E-state index is 12.0. The summed E-state index contributed by atoms with van der Waals surface area (Å²) in [7, 11) is 1.91. The van der Waals surface area contributed by atoms with E-state index in [2.05, 4.69) is 11.4 Å².